The first-order chi connectivity index (χ1) is 28.0. The van der Waals surface area contributed by atoms with Crippen LogP contribution >= 0.6 is 0 Å². The molecule has 0 aliphatic rings. The Morgan fingerprint density at radius 2 is 0.947 bits per heavy atom. The van der Waals surface area contributed by atoms with Gasteiger partial charge in [0.2, 0.25) is 5.91 Å². The minimum Gasteiger partial charge on any atom is -0.462 e. The molecule has 0 fully saturated rings. The monoisotopic (exact) mass is 804 g/mol. The second-order valence-electron chi connectivity index (χ2n) is 17.2. The molecule has 3 unspecified atom stereocenters. The molecule has 0 aromatic carbocycles. The molecule has 0 spiro atoms. The minimum atomic E-state index is -0.783. The molecule has 6 nitrogen and oxygen atoms in total. The molecule has 0 aromatic rings. The Balaban J connectivity index is 4.56. The van der Waals surface area contributed by atoms with E-state index in [0.717, 1.165) is 64.2 Å². The number of allylic oxidation sites excluding steroid dienone is 4. The van der Waals surface area contributed by atoms with Gasteiger partial charge in [-0.2, -0.15) is 0 Å². The van der Waals surface area contributed by atoms with Gasteiger partial charge in [-0.15, -0.1) is 0 Å². The largest absolute Gasteiger partial charge is 0.462 e. The average molecular weight is 804 g/mol. The Morgan fingerprint density at radius 1 is 0.526 bits per heavy atom. The van der Waals surface area contributed by atoms with Crippen LogP contribution in [0, 0.1) is 0 Å². The van der Waals surface area contributed by atoms with E-state index in [4.69, 9.17) is 4.74 Å². The van der Waals surface area contributed by atoms with E-state index in [1.54, 1.807) is 0 Å². The predicted octanol–water partition coefficient (Wildman–Crippen LogP) is 14.7. The van der Waals surface area contributed by atoms with Crippen LogP contribution in [0.3, 0.4) is 0 Å². The normalized spacial score (nSPS) is 13.4. The van der Waals surface area contributed by atoms with E-state index in [1.807, 2.05) is 0 Å². The first kappa shape index (κ1) is 55.3. The number of hydrogen-bond acceptors (Lipinski definition) is 5. The Labute approximate surface area is 354 Å². The van der Waals surface area contributed by atoms with E-state index in [-0.39, 0.29) is 24.9 Å². The number of rotatable bonds is 45. The molecule has 0 aliphatic heterocycles. The predicted molar refractivity (Wildman–Crippen MR) is 246 cm³/mol. The standard InChI is InChI=1S/C51H97NO5/c1-4-7-10-13-16-19-22-24-26-29-32-35-38-41-44-51(56)57-47(42-39-36-33-30-28-25-23-20-17-14-11-8-5-2)45-50(55)52-48(46-53)49(54)43-40-37-34-31-27-21-18-15-12-9-6-3/h7,10,16,19,47-49,53-54H,4-6,8-9,11-15,17-18,20-46H2,1-3H3,(H,52,55)/b10-7+,19-16+. The lowest BCUT2D eigenvalue weighted by atomic mass is 10.0. The molecular weight excluding hydrogens is 707 g/mol. The van der Waals surface area contributed by atoms with Gasteiger partial charge in [-0.05, 0) is 51.4 Å². The summed E-state index contributed by atoms with van der Waals surface area (Å²) in [6, 6.07) is -0.697. The van der Waals surface area contributed by atoms with Crippen LogP contribution in [0.15, 0.2) is 24.3 Å². The van der Waals surface area contributed by atoms with Gasteiger partial charge in [0.05, 0.1) is 25.2 Å². The lowest BCUT2D eigenvalue weighted by Gasteiger charge is -2.24. The molecule has 3 N–H and O–H groups in total. The molecule has 0 aliphatic carbocycles. The van der Waals surface area contributed by atoms with Gasteiger partial charge >= 0.3 is 5.97 Å². The van der Waals surface area contributed by atoms with Crippen LogP contribution in [0.25, 0.3) is 0 Å². The highest BCUT2D eigenvalue weighted by atomic mass is 16.5. The smallest absolute Gasteiger partial charge is 0.306 e. The van der Waals surface area contributed by atoms with E-state index in [1.165, 1.54) is 154 Å². The molecule has 0 bridgehead atoms. The van der Waals surface area contributed by atoms with Crippen molar-refractivity contribution in [1.29, 1.82) is 0 Å². The van der Waals surface area contributed by atoms with Crippen LogP contribution in [0.5, 0.6) is 0 Å². The van der Waals surface area contributed by atoms with Crippen LogP contribution in [0.2, 0.25) is 0 Å². The molecule has 3 atom stereocenters. The lowest BCUT2D eigenvalue weighted by Crippen LogP contribution is -2.46. The summed E-state index contributed by atoms with van der Waals surface area (Å²) in [4.78, 5) is 26.1. The Morgan fingerprint density at radius 3 is 1.42 bits per heavy atom. The van der Waals surface area contributed by atoms with Gasteiger partial charge in [0.25, 0.3) is 0 Å². The van der Waals surface area contributed by atoms with E-state index >= 15 is 0 Å². The molecule has 0 saturated heterocycles. The lowest BCUT2D eigenvalue weighted by molar-refractivity contribution is -0.151. The zero-order chi connectivity index (χ0) is 41.7. The third-order valence-electron chi connectivity index (χ3n) is 11.5. The third-order valence-corrected chi connectivity index (χ3v) is 11.5. The summed E-state index contributed by atoms with van der Waals surface area (Å²) in [5.41, 5.74) is 0. The van der Waals surface area contributed by atoms with Crippen molar-refractivity contribution < 1.29 is 24.5 Å². The number of unbranched alkanes of at least 4 members (excludes halogenated alkanes) is 29. The van der Waals surface area contributed by atoms with Gasteiger partial charge in [0.1, 0.15) is 6.10 Å². The van der Waals surface area contributed by atoms with Crippen LogP contribution in [0.4, 0.5) is 0 Å². The van der Waals surface area contributed by atoms with Crippen LogP contribution in [0.1, 0.15) is 265 Å². The quantitative estimate of drug-likeness (QED) is 0.0324. The van der Waals surface area contributed by atoms with Crippen molar-refractivity contribution in [3.63, 3.8) is 0 Å². The van der Waals surface area contributed by atoms with Gasteiger partial charge in [-0.3, -0.25) is 9.59 Å². The number of amides is 1. The first-order valence-electron chi connectivity index (χ1n) is 25.1. The summed E-state index contributed by atoms with van der Waals surface area (Å²) in [6.07, 6.45) is 50.9. The number of nitrogens with one attached hydrogen (secondary N) is 1. The Kier molecular flexibility index (Phi) is 44.1. The van der Waals surface area contributed by atoms with Crippen molar-refractivity contribution in [2.75, 3.05) is 6.61 Å². The number of aliphatic hydroxyl groups is 2. The van der Waals surface area contributed by atoms with Gasteiger partial charge in [0, 0.05) is 6.42 Å². The van der Waals surface area contributed by atoms with Gasteiger partial charge in [-0.25, -0.2) is 0 Å². The van der Waals surface area contributed by atoms with Crippen LogP contribution in [-0.2, 0) is 14.3 Å². The molecular formula is C51H97NO5. The van der Waals surface area contributed by atoms with Crippen LogP contribution < -0.4 is 5.32 Å². The fourth-order valence-corrected chi connectivity index (χ4v) is 7.76. The topological polar surface area (TPSA) is 95.9 Å². The molecule has 57 heavy (non-hydrogen) atoms. The SMILES string of the molecule is CC/C=C/C/C=C/CCCCCCCCCC(=O)OC(CCCCCCCCCCCCCCC)CC(=O)NC(CO)C(O)CCCCCCCCCCCCC. The molecule has 336 valence electrons. The second-order valence-corrected chi connectivity index (χ2v) is 17.2. The highest BCUT2D eigenvalue weighted by Gasteiger charge is 2.24. The number of ether oxygens (including phenoxy) is 1. The van der Waals surface area contributed by atoms with Gasteiger partial charge in [-0.1, -0.05) is 225 Å². The average Bonchev–Trinajstić information content (AvgIpc) is 3.20. The van der Waals surface area contributed by atoms with E-state index in [0.29, 0.717) is 19.3 Å². The third kappa shape index (κ3) is 40.9. The Bertz CT molecular complexity index is 904. The van der Waals surface area contributed by atoms with Gasteiger partial charge in [0.15, 0.2) is 0 Å². The fourth-order valence-electron chi connectivity index (χ4n) is 7.76. The summed E-state index contributed by atoms with van der Waals surface area (Å²) in [7, 11) is 0. The van der Waals surface area contributed by atoms with E-state index < -0.39 is 18.2 Å². The highest BCUT2D eigenvalue weighted by molar-refractivity contribution is 5.77. The molecule has 1 amide bonds. The van der Waals surface area contributed by atoms with Crippen molar-refractivity contribution in [1.82, 2.24) is 5.32 Å². The van der Waals surface area contributed by atoms with Crippen molar-refractivity contribution in [2.24, 2.45) is 0 Å². The molecule has 0 rings (SSSR count). The zero-order valence-corrected chi connectivity index (χ0v) is 38.2. The first-order valence-corrected chi connectivity index (χ1v) is 25.1. The number of esters is 1. The van der Waals surface area contributed by atoms with Crippen molar-refractivity contribution >= 4 is 11.9 Å². The molecule has 0 aromatic heterocycles. The van der Waals surface area contributed by atoms with Crippen molar-refractivity contribution in [3.8, 4) is 0 Å². The Hall–Kier alpha value is -1.66. The molecule has 0 heterocycles. The number of carbonyl (C=O) groups excluding carboxylic acids is 2. The second kappa shape index (κ2) is 45.4. The van der Waals surface area contributed by atoms with E-state index in [2.05, 4.69) is 50.4 Å². The maximum atomic E-state index is 13.2. The maximum absolute atomic E-state index is 13.2. The molecule has 6 heteroatoms. The number of carbonyl (C=O) groups is 2. The molecule has 0 saturated carbocycles. The van der Waals surface area contributed by atoms with Gasteiger partial charge < -0.3 is 20.3 Å². The van der Waals surface area contributed by atoms with E-state index in [9.17, 15) is 19.8 Å². The number of aliphatic hydroxyl groups excluding tert-OH is 2. The van der Waals surface area contributed by atoms with Crippen molar-refractivity contribution in [2.45, 2.75) is 283 Å². The number of hydrogen-bond donors (Lipinski definition) is 3. The van der Waals surface area contributed by atoms with Crippen LogP contribution in [-0.4, -0.2) is 46.9 Å². The summed E-state index contributed by atoms with van der Waals surface area (Å²) in [5.74, 6) is -0.471. The minimum absolute atomic E-state index is 0.0797. The summed E-state index contributed by atoms with van der Waals surface area (Å²) >= 11 is 0. The highest BCUT2D eigenvalue weighted by Crippen LogP contribution is 2.18. The summed E-state index contributed by atoms with van der Waals surface area (Å²) < 4.78 is 5.93. The summed E-state index contributed by atoms with van der Waals surface area (Å²) in [6.45, 7) is 6.38. The molecule has 0 radical (unpaired) electrons. The van der Waals surface area contributed by atoms with Crippen molar-refractivity contribution in [3.05, 3.63) is 24.3 Å². The summed E-state index contributed by atoms with van der Waals surface area (Å²) in [5, 5.41) is 23.7. The fraction of sp³-hybridized carbons (Fsp3) is 0.882. The zero-order valence-electron chi connectivity index (χ0n) is 38.2. The maximum Gasteiger partial charge on any atom is 0.306 e.